The Labute approximate surface area is 80.0 Å². The quantitative estimate of drug-likeness (QED) is 0.306. The topological polar surface area (TPSA) is 80.3 Å². The number of rotatable bonds is 0. The van der Waals surface area contributed by atoms with Crippen LogP contribution in [0.15, 0.2) is 0 Å². The fourth-order valence-corrected chi connectivity index (χ4v) is 0. The van der Waals surface area contributed by atoms with Crippen LogP contribution in [0.2, 0.25) is 0 Å². The zero-order valence-electron chi connectivity index (χ0n) is 3.86. The van der Waals surface area contributed by atoms with Gasteiger partial charge >= 0.3 is 39.0 Å². The third kappa shape index (κ3) is 145. The second-order valence-electron chi connectivity index (χ2n) is 0.408. The van der Waals surface area contributed by atoms with Gasteiger partial charge in [-0.2, -0.15) is 0 Å². The second kappa shape index (κ2) is 8.47. The van der Waals surface area contributed by atoms with E-state index in [9.17, 15) is 0 Å². The van der Waals surface area contributed by atoms with Crippen LogP contribution >= 0.6 is 0 Å². The van der Waals surface area contributed by atoms with Crippen LogP contribution < -0.4 is 0 Å². The van der Waals surface area contributed by atoms with Crippen LogP contribution in [0.5, 0.6) is 0 Å². The first kappa shape index (κ1) is 22.7. The Morgan fingerprint density at radius 1 is 1.00 bits per heavy atom. The summed E-state index contributed by atoms with van der Waals surface area (Å²) in [5.41, 5.74) is 0. The average molecular weight is 259 g/mol. The average Bonchev–Trinajstić information content (AvgIpc) is 0.722. The first-order chi connectivity index (χ1) is 2.00. The minimum Gasteiger partial charge on any atom is -2.00 e. The first-order valence-corrected chi connectivity index (χ1v) is 2.00. The van der Waals surface area contributed by atoms with Gasteiger partial charge in [0.05, 0.1) is 0 Å². The molecule has 0 aromatic heterocycles. The van der Waals surface area contributed by atoms with Crippen LogP contribution in [0.4, 0.5) is 0 Å². The molecule has 0 radical (unpaired) electrons. The summed E-state index contributed by atoms with van der Waals surface area (Å²) in [4.78, 5) is 0. The van der Waals surface area contributed by atoms with Crippen LogP contribution in [-0.2, 0) is 62.9 Å². The van der Waals surface area contributed by atoms with Gasteiger partial charge in [-0.25, -0.2) is 0 Å². The summed E-state index contributed by atoms with van der Waals surface area (Å²) >= 11 is 0. The van der Waals surface area contributed by atoms with E-state index in [2.05, 4.69) is 0 Å². The molecule has 0 fully saturated rings. The van der Waals surface area contributed by atoms with Crippen LogP contribution in [0.1, 0.15) is 0 Å². The van der Waals surface area contributed by atoms with Crippen molar-refractivity contribution in [3.8, 4) is 0 Å². The summed E-state index contributed by atoms with van der Waals surface area (Å²) in [5.74, 6) is 0. The van der Waals surface area contributed by atoms with Crippen molar-refractivity contribution < 1.29 is 56.5 Å². The van der Waals surface area contributed by atoms with Gasteiger partial charge in [-0.3, -0.25) is 8.42 Å². The molecule has 8 heteroatoms. The molecule has 8 heavy (non-hydrogen) atoms. The fourth-order valence-electron chi connectivity index (χ4n) is 0. The van der Waals surface area contributed by atoms with Crippen LogP contribution in [0, 0.1) is 0 Å². The third-order valence-electron chi connectivity index (χ3n) is 0. The SMILES string of the molecule is O=S(=O)([O-])[O-].[S-2].[Zn+2].[Zn+2]. The van der Waals surface area contributed by atoms with Crippen molar-refractivity contribution in [2.45, 2.75) is 0 Å². The molecule has 0 amide bonds. The van der Waals surface area contributed by atoms with Gasteiger partial charge in [0.1, 0.15) is 0 Å². The van der Waals surface area contributed by atoms with E-state index in [1.807, 2.05) is 0 Å². The van der Waals surface area contributed by atoms with Crippen molar-refractivity contribution in [2.75, 3.05) is 0 Å². The second-order valence-corrected chi connectivity index (χ2v) is 1.22. The molecule has 0 saturated heterocycles. The summed E-state index contributed by atoms with van der Waals surface area (Å²) in [6.07, 6.45) is 0. The van der Waals surface area contributed by atoms with E-state index in [4.69, 9.17) is 17.5 Å². The van der Waals surface area contributed by atoms with Crippen LogP contribution in [0.3, 0.4) is 0 Å². The van der Waals surface area contributed by atoms with Gasteiger partial charge in [-0.05, 0) is 0 Å². The summed E-state index contributed by atoms with van der Waals surface area (Å²) < 4.78 is 34.1. The van der Waals surface area contributed by atoms with E-state index < -0.39 is 10.4 Å². The maximum Gasteiger partial charge on any atom is 2.00 e. The molecule has 0 rings (SSSR count). The molecule has 0 heterocycles. The molecule has 0 spiro atoms. The summed E-state index contributed by atoms with van der Waals surface area (Å²) in [6, 6.07) is 0. The Morgan fingerprint density at radius 2 is 1.00 bits per heavy atom. The molecular formula is O4S2Zn2. The van der Waals surface area contributed by atoms with Gasteiger partial charge < -0.3 is 22.6 Å². The molecular weight excluding hydrogens is 259 g/mol. The maximum atomic E-state index is 8.52. The van der Waals surface area contributed by atoms with E-state index in [1.54, 1.807) is 0 Å². The van der Waals surface area contributed by atoms with Gasteiger partial charge in [0, 0.05) is 10.4 Å². The molecule has 40 valence electrons. The van der Waals surface area contributed by atoms with Crippen molar-refractivity contribution in [2.24, 2.45) is 0 Å². The molecule has 0 atom stereocenters. The Balaban J connectivity index is -0.0000000267. The van der Waals surface area contributed by atoms with Crippen molar-refractivity contribution in [3.63, 3.8) is 0 Å². The molecule has 0 aromatic carbocycles. The predicted molar refractivity (Wildman–Crippen MR) is 17.8 cm³/mol. The van der Waals surface area contributed by atoms with E-state index in [1.165, 1.54) is 0 Å². The van der Waals surface area contributed by atoms with E-state index >= 15 is 0 Å². The Bertz CT molecular complexity index is 95.2. The van der Waals surface area contributed by atoms with Crippen molar-refractivity contribution in [3.05, 3.63) is 0 Å². The zero-order chi connectivity index (χ0) is 4.50. The predicted octanol–water partition coefficient (Wildman–Crippen LogP) is -1.35. The van der Waals surface area contributed by atoms with Crippen molar-refractivity contribution in [1.29, 1.82) is 0 Å². The summed E-state index contributed by atoms with van der Waals surface area (Å²) in [6.45, 7) is 0. The third-order valence-corrected chi connectivity index (χ3v) is 0. The molecule has 0 aliphatic carbocycles. The molecule has 0 saturated carbocycles. The van der Waals surface area contributed by atoms with Crippen LogP contribution in [0.25, 0.3) is 0 Å². The zero-order valence-corrected chi connectivity index (χ0v) is 11.4. The Kier molecular flexibility index (Phi) is 24.0. The first-order valence-electron chi connectivity index (χ1n) is 0.667. The number of hydrogen-bond acceptors (Lipinski definition) is 4. The molecule has 0 unspecified atom stereocenters. The maximum absolute atomic E-state index is 8.52. The molecule has 0 bridgehead atoms. The van der Waals surface area contributed by atoms with Gasteiger partial charge in [0.15, 0.2) is 0 Å². The van der Waals surface area contributed by atoms with Gasteiger partial charge in [-0.15, -0.1) is 0 Å². The molecule has 0 aromatic rings. The monoisotopic (exact) mass is 256 g/mol. The largest absolute Gasteiger partial charge is 2.00 e. The smallest absolute Gasteiger partial charge is 2.00 e. The standard InChI is InChI=1S/H2O4S.S.2Zn/c1-5(2,3)4;;;/h(H2,1,2,3,4);;;/q;-2;2*+2/p-2. The molecule has 0 aliphatic rings. The van der Waals surface area contributed by atoms with E-state index in [0.717, 1.165) is 0 Å². The molecule has 4 nitrogen and oxygen atoms in total. The normalized spacial score (nSPS) is 7.25. The minimum atomic E-state index is -5.17. The van der Waals surface area contributed by atoms with Crippen molar-refractivity contribution in [1.82, 2.24) is 0 Å². The van der Waals surface area contributed by atoms with E-state index in [0.29, 0.717) is 0 Å². The molecule has 0 aliphatic heterocycles. The van der Waals surface area contributed by atoms with Gasteiger partial charge in [0.25, 0.3) is 0 Å². The summed E-state index contributed by atoms with van der Waals surface area (Å²) in [7, 11) is -5.17. The van der Waals surface area contributed by atoms with Gasteiger partial charge in [0.2, 0.25) is 0 Å². The van der Waals surface area contributed by atoms with Gasteiger partial charge in [-0.1, -0.05) is 0 Å². The molecule has 0 N–H and O–H groups in total. The van der Waals surface area contributed by atoms with Crippen molar-refractivity contribution >= 4 is 23.9 Å². The fraction of sp³-hybridized carbons (Fsp3) is 0. The van der Waals surface area contributed by atoms with Crippen LogP contribution in [-0.4, -0.2) is 17.5 Å². The Morgan fingerprint density at radius 3 is 1.00 bits per heavy atom. The minimum absolute atomic E-state index is 0. The number of hydrogen-bond donors (Lipinski definition) is 0. The summed E-state index contributed by atoms with van der Waals surface area (Å²) in [5, 5.41) is 0. The van der Waals surface area contributed by atoms with E-state index in [-0.39, 0.29) is 52.5 Å². The Hall–Kier alpha value is 1.47.